The molecule has 21 heavy (non-hydrogen) atoms. The molecule has 1 aromatic carbocycles. The van der Waals surface area contributed by atoms with E-state index in [1.807, 2.05) is 18.2 Å². The van der Waals surface area contributed by atoms with Gasteiger partial charge in [-0.2, -0.15) is 0 Å². The average Bonchev–Trinajstić information content (AvgIpc) is 2.54. The molecule has 1 fully saturated rings. The molecule has 0 aliphatic heterocycles. The predicted molar refractivity (Wildman–Crippen MR) is 85.3 cm³/mol. The van der Waals surface area contributed by atoms with E-state index in [2.05, 4.69) is 17.4 Å². The zero-order valence-electron chi connectivity index (χ0n) is 12.9. The third-order valence-electron chi connectivity index (χ3n) is 4.23. The Labute approximate surface area is 128 Å². The molecular weight excluding hydrogens is 262 g/mol. The van der Waals surface area contributed by atoms with Crippen LogP contribution in [0.4, 0.5) is 4.79 Å². The van der Waals surface area contributed by atoms with E-state index in [-0.39, 0.29) is 6.09 Å². The van der Waals surface area contributed by atoms with Gasteiger partial charge < -0.3 is 10.1 Å². The summed E-state index contributed by atoms with van der Waals surface area (Å²) < 4.78 is 5.20. The molecular formula is C18H27NO2. The second-order valence-electron chi connectivity index (χ2n) is 5.94. The minimum absolute atomic E-state index is 0.265. The van der Waals surface area contributed by atoms with E-state index in [9.17, 15) is 4.79 Å². The Balaban J connectivity index is 1.47. The highest BCUT2D eigenvalue weighted by atomic mass is 16.5. The van der Waals surface area contributed by atoms with Gasteiger partial charge in [0.05, 0.1) is 6.61 Å². The Morgan fingerprint density at radius 2 is 1.90 bits per heavy atom. The van der Waals surface area contributed by atoms with Crippen LogP contribution in [0.5, 0.6) is 0 Å². The number of hydrogen-bond donors (Lipinski definition) is 1. The fourth-order valence-electron chi connectivity index (χ4n) is 2.99. The Hall–Kier alpha value is -1.51. The normalized spacial score (nSPS) is 15.6. The number of carbonyl (C=O) groups excluding carboxylic acids is 1. The fraction of sp³-hybridized carbons (Fsp3) is 0.611. The molecule has 0 bridgehead atoms. The van der Waals surface area contributed by atoms with Gasteiger partial charge >= 0.3 is 6.09 Å². The molecule has 3 heteroatoms. The van der Waals surface area contributed by atoms with Gasteiger partial charge in [-0.1, -0.05) is 62.4 Å². The van der Waals surface area contributed by atoms with E-state index in [1.165, 1.54) is 37.7 Å². The number of nitrogens with one attached hydrogen (secondary N) is 1. The van der Waals surface area contributed by atoms with Gasteiger partial charge in [0, 0.05) is 6.54 Å². The van der Waals surface area contributed by atoms with Gasteiger partial charge in [-0.25, -0.2) is 4.79 Å². The monoisotopic (exact) mass is 289 g/mol. The van der Waals surface area contributed by atoms with E-state index < -0.39 is 0 Å². The van der Waals surface area contributed by atoms with Crippen LogP contribution in [0.25, 0.3) is 0 Å². The second kappa shape index (κ2) is 9.43. The molecule has 3 nitrogen and oxygen atoms in total. The largest absolute Gasteiger partial charge is 0.450 e. The molecule has 0 heterocycles. The van der Waals surface area contributed by atoms with Gasteiger partial charge in [-0.15, -0.1) is 0 Å². The Kier molecular flexibility index (Phi) is 7.13. The Bertz CT molecular complexity index is 399. The van der Waals surface area contributed by atoms with Crippen molar-refractivity contribution in [2.75, 3.05) is 13.2 Å². The standard InChI is InChI=1S/C18H27NO2/c20-18(19-14-13-17-10-5-2-6-11-17)21-15-7-12-16-8-3-1-4-9-16/h1,3-4,8-9,17H,2,5-7,10-15H2,(H,19,20). The third-order valence-corrected chi connectivity index (χ3v) is 4.23. The van der Waals surface area contributed by atoms with Crippen molar-refractivity contribution in [2.45, 2.75) is 51.4 Å². The fourth-order valence-corrected chi connectivity index (χ4v) is 2.99. The van der Waals surface area contributed by atoms with Crippen molar-refractivity contribution in [1.29, 1.82) is 0 Å². The molecule has 0 unspecified atom stereocenters. The third kappa shape index (κ3) is 6.65. The first-order chi connectivity index (χ1) is 10.3. The molecule has 0 aromatic heterocycles. The maximum absolute atomic E-state index is 11.6. The van der Waals surface area contributed by atoms with Gasteiger partial charge in [0.25, 0.3) is 0 Å². The molecule has 116 valence electrons. The first-order valence-corrected chi connectivity index (χ1v) is 8.29. The van der Waals surface area contributed by atoms with E-state index in [1.54, 1.807) is 0 Å². The highest BCUT2D eigenvalue weighted by Crippen LogP contribution is 2.25. The molecule has 2 rings (SSSR count). The van der Waals surface area contributed by atoms with Crippen molar-refractivity contribution >= 4 is 6.09 Å². The molecule has 1 amide bonds. The lowest BCUT2D eigenvalue weighted by Crippen LogP contribution is -2.27. The summed E-state index contributed by atoms with van der Waals surface area (Å²) >= 11 is 0. The van der Waals surface area contributed by atoms with Gasteiger partial charge in [-0.3, -0.25) is 0 Å². The number of alkyl carbamates (subject to hydrolysis) is 1. The SMILES string of the molecule is O=C(NCCC1CCCCC1)OCCCc1ccccc1. The lowest BCUT2D eigenvalue weighted by Gasteiger charge is -2.21. The minimum Gasteiger partial charge on any atom is -0.450 e. The summed E-state index contributed by atoms with van der Waals surface area (Å²) in [5.74, 6) is 0.803. The molecule has 1 aromatic rings. The van der Waals surface area contributed by atoms with Crippen LogP contribution in [0.3, 0.4) is 0 Å². The minimum atomic E-state index is -0.265. The summed E-state index contributed by atoms with van der Waals surface area (Å²) in [4.78, 5) is 11.6. The van der Waals surface area contributed by atoms with E-state index >= 15 is 0 Å². The van der Waals surface area contributed by atoms with E-state index in [0.29, 0.717) is 6.61 Å². The molecule has 0 saturated heterocycles. The Morgan fingerprint density at radius 1 is 1.14 bits per heavy atom. The summed E-state index contributed by atoms with van der Waals surface area (Å²) in [7, 11) is 0. The summed E-state index contributed by atoms with van der Waals surface area (Å²) in [6.45, 7) is 1.24. The lowest BCUT2D eigenvalue weighted by molar-refractivity contribution is 0.144. The summed E-state index contributed by atoms with van der Waals surface area (Å²) in [5, 5.41) is 2.87. The first kappa shape index (κ1) is 15.9. The van der Waals surface area contributed by atoms with Crippen LogP contribution in [0, 0.1) is 5.92 Å². The number of rotatable bonds is 7. The van der Waals surface area contributed by atoms with Crippen molar-refractivity contribution < 1.29 is 9.53 Å². The number of benzene rings is 1. The molecule has 1 N–H and O–H groups in total. The van der Waals surface area contributed by atoms with Gasteiger partial charge in [0.15, 0.2) is 0 Å². The van der Waals surface area contributed by atoms with Crippen molar-refractivity contribution in [1.82, 2.24) is 5.32 Å². The zero-order valence-corrected chi connectivity index (χ0v) is 12.9. The van der Waals surface area contributed by atoms with Crippen LogP contribution in [-0.2, 0) is 11.2 Å². The molecule has 1 saturated carbocycles. The summed E-state index contributed by atoms with van der Waals surface area (Å²) in [5.41, 5.74) is 1.29. The van der Waals surface area contributed by atoms with Crippen LogP contribution >= 0.6 is 0 Å². The lowest BCUT2D eigenvalue weighted by atomic mass is 9.87. The highest BCUT2D eigenvalue weighted by molar-refractivity contribution is 5.66. The van der Waals surface area contributed by atoms with Gasteiger partial charge in [0.1, 0.15) is 0 Å². The number of carbonyl (C=O) groups is 1. The van der Waals surface area contributed by atoms with Crippen LogP contribution in [0.15, 0.2) is 30.3 Å². The molecule has 0 spiro atoms. The highest BCUT2D eigenvalue weighted by Gasteiger charge is 2.13. The zero-order chi connectivity index (χ0) is 14.8. The van der Waals surface area contributed by atoms with Crippen LogP contribution in [0.2, 0.25) is 0 Å². The van der Waals surface area contributed by atoms with Crippen molar-refractivity contribution in [2.24, 2.45) is 5.92 Å². The summed E-state index contributed by atoms with van der Waals surface area (Å²) in [6, 6.07) is 10.3. The number of aryl methyl sites for hydroxylation is 1. The Morgan fingerprint density at radius 3 is 2.67 bits per heavy atom. The second-order valence-corrected chi connectivity index (χ2v) is 5.94. The van der Waals surface area contributed by atoms with E-state index in [0.717, 1.165) is 31.7 Å². The molecule has 1 aliphatic carbocycles. The number of amides is 1. The maximum Gasteiger partial charge on any atom is 0.407 e. The van der Waals surface area contributed by atoms with Crippen molar-refractivity contribution in [3.05, 3.63) is 35.9 Å². The average molecular weight is 289 g/mol. The van der Waals surface area contributed by atoms with Crippen molar-refractivity contribution in [3.8, 4) is 0 Å². The number of ether oxygens (including phenoxy) is 1. The van der Waals surface area contributed by atoms with E-state index in [4.69, 9.17) is 4.74 Å². The van der Waals surface area contributed by atoms with Crippen LogP contribution in [-0.4, -0.2) is 19.2 Å². The van der Waals surface area contributed by atoms with Crippen LogP contribution < -0.4 is 5.32 Å². The molecule has 0 radical (unpaired) electrons. The summed E-state index contributed by atoms with van der Waals surface area (Å²) in [6.07, 6.45) is 9.41. The molecule has 0 atom stereocenters. The predicted octanol–water partition coefficient (Wildman–Crippen LogP) is 4.32. The number of hydrogen-bond acceptors (Lipinski definition) is 2. The quantitative estimate of drug-likeness (QED) is 0.759. The van der Waals surface area contributed by atoms with Gasteiger partial charge in [-0.05, 0) is 30.7 Å². The first-order valence-electron chi connectivity index (χ1n) is 8.29. The molecule has 1 aliphatic rings. The smallest absolute Gasteiger partial charge is 0.407 e. The van der Waals surface area contributed by atoms with Gasteiger partial charge in [0.2, 0.25) is 0 Å². The van der Waals surface area contributed by atoms with Crippen LogP contribution in [0.1, 0.15) is 50.5 Å². The van der Waals surface area contributed by atoms with Crippen molar-refractivity contribution in [3.63, 3.8) is 0 Å². The topological polar surface area (TPSA) is 38.3 Å². The maximum atomic E-state index is 11.6.